The van der Waals surface area contributed by atoms with E-state index < -0.39 is 30.1 Å². The quantitative estimate of drug-likeness (QED) is 0.534. The van der Waals surface area contributed by atoms with Crippen molar-refractivity contribution in [2.24, 2.45) is 5.92 Å². The Labute approximate surface area is 180 Å². The normalized spacial score (nSPS) is 20.2. The van der Waals surface area contributed by atoms with Gasteiger partial charge in [0.05, 0.1) is 5.56 Å². The smallest absolute Gasteiger partial charge is 0.481 e. The van der Waals surface area contributed by atoms with E-state index in [1.165, 1.54) is 30.3 Å². The van der Waals surface area contributed by atoms with Gasteiger partial charge in [0.15, 0.2) is 0 Å². The molecule has 1 fully saturated rings. The number of hydrogen-bond acceptors (Lipinski definition) is 3. The van der Waals surface area contributed by atoms with Crippen molar-refractivity contribution in [3.8, 4) is 5.75 Å². The summed E-state index contributed by atoms with van der Waals surface area (Å²) >= 11 is 0. The van der Waals surface area contributed by atoms with Gasteiger partial charge in [0.1, 0.15) is 5.75 Å². The highest BCUT2D eigenvalue weighted by Crippen LogP contribution is 2.39. The summed E-state index contributed by atoms with van der Waals surface area (Å²) in [5.74, 6) is -1.52. The van der Waals surface area contributed by atoms with Crippen LogP contribution in [0.3, 0.4) is 0 Å². The predicted molar refractivity (Wildman–Crippen MR) is 103 cm³/mol. The zero-order valence-electron chi connectivity index (χ0n) is 16.8. The molecule has 0 aromatic heterocycles. The molecule has 2 aromatic carbocycles. The Bertz CT molecular complexity index is 926. The maximum Gasteiger partial charge on any atom is 0.573 e. The first-order chi connectivity index (χ1) is 14.9. The predicted octanol–water partition coefficient (Wildman–Crippen LogP) is 6.03. The van der Waals surface area contributed by atoms with Gasteiger partial charge in [-0.05, 0) is 49.1 Å². The van der Waals surface area contributed by atoms with Crippen LogP contribution >= 0.6 is 0 Å². The third-order valence-electron chi connectivity index (χ3n) is 5.48. The van der Waals surface area contributed by atoms with Gasteiger partial charge in [-0.2, -0.15) is 13.2 Å². The molecule has 2 atom stereocenters. The molecular weight excluding hydrogens is 440 g/mol. The molecule has 2 aromatic rings. The van der Waals surface area contributed by atoms with E-state index >= 15 is 0 Å². The third kappa shape index (κ3) is 6.38. The van der Waals surface area contributed by atoms with Gasteiger partial charge in [-0.1, -0.05) is 30.3 Å². The average Bonchev–Trinajstić information content (AvgIpc) is 2.68. The van der Waals surface area contributed by atoms with Gasteiger partial charge in [-0.3, -0.25) is 9.69 Å². The number of ether oxygens (including phenoxy) is 1. The number of carboxylic acid groups (broad SMARTS) is 1. The lowest BCUT2D eigenvalue weighted by Gasteiger charge is -2.40. The van der Waals surface area contributed by atoms with E-state index in [0.29, 0.717) is 24.9 Å². The van der Waals surface area contributed by atoms with Crippen molar-refractivity contribution < 1.29 is 41.0 Å². The summed E-state index contributed by atoms with van der Waals surface area (Å²) in [7, 11) is 0. The highest BCUT2D eigenvalue weighted by Gasteiger charge is 2.35. The van der Waals surface area contributed by atoms with E-state index in [9.17, 15) is 31.1 Å². The molecule has 1 aliphatic heterocycles. The van der Waals surface area contributed by atoms with Crippen LogP contribution in [0.1, 0.15) is 42.0 Å². The molecule has 3 rings (SSSR count). The molecule has 174 valence electrons. The van der Waals surface area contributed by atoms with E-state index in [4.69, 9.17) is 5.11 Å². The number of carbonyl (C=O) groups is 1. The fraction of sp³-hybridized carbons (Fsp3) is 0.409. The van der Waals surface area contributed by atoms with Crippen LogP contribution in [0.4, 0.5) is 26.3 Å². The Morgan fingerprint density at radius 3 is 2.28 bits per heavy atom. The molecule has 1 heterocycles. The highest BCUT2D eigenvalue weighted by atomic mass is 19.4. The van der Waals surface area contributed by atoms with Gasteiger partial charge in [-0.25, -0.2) is 0 Å². The summed E-state index contributed by atoms with van der Waals surface area (Å²) in [4.78, 5) is 13.0. The number of para-hydroxylation sites is 1. The van der Waals surface area contributed by atoms with E-state index in [2.05, 4.69) is 4.74 Å². The van der Waals surface area contributed by atoms with Gasteiger partial charge in [0.2, 0.25) is 0 Å². The Morgan fingerprint density at radius 2 is 1.69 bits per heavy atom. The summed E-state index contributed by atoms with van der Waals surface area (Å²) < 4.78 is 81.2. The van der Waals surface area contributed by atoms with Crippen LogP contribution in [-0.4, -0.2) is 28.9 Å². The van der Waals surface area contributed by atoms with E-state index in [-0.39, 0.29) is 30.2 Å². The second kappa shape index (κ2) is 9.40. The fourth-order valence-corrected chi connectivity index (χ4v) is 4.03. The molecule has 1 saturated heterocycles. The molecule has 0 bridgehead atoms. The van der Waals surface area contributed by atoms with Crippen LogP contribution in [0, 0.1) is 5.92 Å². The minimum absolute atomic E-state index is 0.0672. The number of nitrogens with zero attached hydrogens (tertiary/aromatic N) is 1. The second-order valence-corrected chi connectivity index (χ2v) is 7.75. The Balaban J connectivity index is 1.88. The van der Waals surface area contributed by atoms with Crippen molar-refractivity contribution in [2.45, 2.75) is 44.4 Å². The topological polar surface area (TPSA) is 49.8 Å². The van der Waals surface area contributed by atoms with Crippen LogP contribution in [0.2, 0.25) is 0 Å². The first-order valence-electron chi connectivity index (χ1n) is 9.89. The maximum absolute atomic E-state index is 12.9. The Hall–Kier alpha value is -2.75. The zero-order valence-corrected chi connectivity index (χ0v) is 16.8. The molecule has 2 unspecified atom stereocenters. The average molecular weight is 461 g/mol. The van der Waals surface area contributed by atoms with Gasteiger partial charge in [0, 0.05) is 24.6 Å². The van der Waals surface area contributed by atoms with Crippen molar-refractivity contribution in [3.05, 3.63) is 65.2 Å². The molecular formula is C22H21F6NO3. The first kappa shape index (κ1) is 23.9. The monoisotopic (exact) mass is 461 g/mol. The summed E-state index contributed by atoms with van der Waals surface area (Å²) in [6.45, 7) is 0.446. The number of rotatable bonds is 6. The number of piperidine rings is 1. The Morgan fingerprint density at radius 1 is 1.03 bits per heavy atom. The molecule has 0 radical (unpaired) electrons. The number of aliphatic carboxylic acids is 1. The summed E-state index contributed by atoms with van der Waals surface area (Å²) in [6.07, 6.45) is -8.58. The molecule has 4 nitrogen and oxygen atoms in total. The van der Waals surface area contributed by atoms with Crippen molar-refractivity contribution in [2.75, 3.05) is 6.54 Å². The first-order valence-corrected chi connectivity index (χ1v) is 9.89. The van der Waals surface area contributed by atoms with Crippen molar-refractivity contribution >= 4 is 5.97 Å². The second-order valence-electron chi connectivity index (χ2n) is 7.75. The van der Waals surface area contributed by atoms with Crippen LogP contribution in [0.25, 0.3) is 0 Å². The molecule has 1 aliphatic rings. The summed E-state index contributed by atoms with van der Waals surface area (Å²) in [5.41, 5.74) is 0.00958. The van der Waals surface area contributed by atoms with Crippen molar-refractivity contribution in [1.82, 2.24) is 4.90 Å². The lowest BCUT2D eigenvalue weighted by atomic mass is 9.84. The SMILES string of the molecule is O=C(O)CC1CCN(Cc2ccccc2OC(F)(F)F)C(c2ccc(C(F)(F)F)cc2)C1. The third-order valence-corrected chi connectivity index (χ3v) is 5.48. The molecule has 1 N–H and O–H groups in total. The van der Waals surface area contributed by atoms with Gasteiger partial charge in [-0.15, -0.1) is 13.2 Å². The number of halogens is 6. The molecule has 0 saturated carbocycles. The minimum Gasteiger partial charge on any atom is -0.481 e. The van der Waals surface area contributed by atoms with Gasteiger partial charge >= 0.3 is 18.5 Å². The zero-order chi connectivity index (χ0) is 23.5. The number of likely N-dealkylation sites (tertiary alicyclic amines) is 1. The van der Waals surface area contributed by atoms with Crippen LogP contribution in [-0.2, 0) is 17.5 Å². The number of alkyl halides is 6. The number of carboxylic acids is 1. The maximum atomic E-state index is 12.9. The lowest BCUT2D eigenvalue weighted by molar-refractivity contribution is -0.275. The lowest BCUT2D eigenvalue weighted by Crippen LogP contribution is -2.37. The van der Waals surface area contributed by atoms with Crippen LogP contribution < -0.4 is 4.74 Å². The molecule has 0 spiro atoms. The van der Waals surface area contributed by atoms with Gasteiger partial charge < -0.3 is 9.84 Å². The standard InChI is InChI=1S/C22H21F6NO3/c23-21(24,25)17-7-5-15(6-8-17)18-11-14(12-20(30)31)9-10-29(18)13-16-3-1-2-4-19(16)32-22(26,27)28/h1-8,14,18H,9-13H2,(H,30,31). The van der Waals surface area contributed by atoms with Crippen molar-refractivity contribution in [3.63, 3.8) is 0 Å². The minimum atomic E-state index is -4.86. The summed E-state index contributed by atoms with van der Waals surface area (Å²) in [6, 6.07) is 9.81. The number of hydrogen-bond donors (Lipinski definition) is 1. The molecule has 0 amide bonds. The Kier molecular flexibility index (Phi) is 7.02. The van der Waals surface area contributed by atoms with Crippen LogP contribution in [0.5, 0.6) is 5.75 Å². The molecule has 32 heavy (non-hydrogen) atoms. The van der Waals surface area contributed by atoms with E-state index in [1.54, 1.807) is 6.07 Å². The largest absolute Gasteiger partial charge is 0.573 e. The van der Waals surface area contributed by atoms with Crippen LogP contribution in [0.15, 0.2) is 48.5 Å². The highest BCUT2D eigenvalue weighted by molar-refractivity contribution is 5.67. The molecule has 0 aliphatic carbocycles. The van der Waals surface area contributed by atoms with E-state index in [1.807, 2.05) is 4.90 Å². The van der Waals surface area contributed by atoms with E-state index in [0.717, 1.165) is 12.1 Å². The van der Waals surface area contributed by atoms with Gasteiger partial charge in [0.25, 0.3) is 0 Å². The molecule has 10 heteroatoms. The summed E-state index contributed by atoms with van der Waals surface area (Å²) in [5, 5.41) is 9.13. The number of benzene rings is 2. The van der Waals surface area contributed by atoms with Crippen molar-refractivity contribution in [1.29, 1.82) is 0 Å². The fourth-order valence-electron chi connectivity index (χ4n) is 4.03.